The molecule has 0 saturated heterocycles. The van der Waals surface area contributed by atoms with Crippen molar-refractivity contribution >= 4 is 0 Å². The van der Waals surface area contributed by atoms with E-state index in [4.69, 9.17) is 0 Å². The van der Waals surface area contributed by atoms with E-state index in [0.717, 1.165) is 0 Å². The van der Waals surface area contributed by atoms with Crippen LogP contribution < -0.4 is 0 Å². The fourth-order valence-electron chi connectivity index (χ4n) is 0.107. The molecular weight excluding hydrogens is 231 g/mol. The number of rotatable bonds is 0. The Morgan fingerprint density at radius 1 is 0.909 bits per heavy atom. The first-order valence-corrected chi connectivity index (χ1v) is 1.63. The van der Waals surface area contributed by atoms with Crippen LogP contribution >= 0.6 is 0 Å². The third kappa shape index (κ3) is 6.31. The molecule has 11 heavy (non-hydrogen) atoms. The van der Waals surface area contributed by atoms with Crippen LogP contribution in [0.3, 0.4) is 0 Å². The fourth-order valence-corrected chi connectivity index (χ4v) is 0.107. The van der Waals surface area contributed by atoms with Gasteiger partial charge in [-0.3, -0.25) is 0 Å². The molecule has 0 N–H and O–H groups in total. The second kappa shape index (κ2) is 5.54. The molecule has 0 radical (unpaired) electrons. The van der Waals surface area contributed by atoms with Crippen LogP contribution in [-0.4, -0.2) is 6.18 Å². The number of hydrogen-bond acceptors (Lipinski definition) is 0. The van der Waals surface area contributed by atoms with Crippen molar-refractivity contribution < 1.29 is 51.3 Å². The molecular formula is C3F6OZn. The average Bonchev–Trinajstić information content (AvgIpc) is 1.62. The van der Waals surface area contributed by atoms with E-state index >= 15 is 0 Å². The van der Waals surface area contributed by atoms with E-state index in [0.29, 0.717) is 0 Å². The molecule has 0 rings (SSSR count). The van der Waals surface area contributed by atoms with Crippen molar-refractivity contribution in [1.82, 2.24) is 0 Å². The van der Waals surface area contributed by atoms with Gasteiger partial charge in [0, 0.05) is 0 Å². The quantitative estimate of drug-likeness (QED) is 0.453. The summed E-state index contributed by atoms with van der Waals surface area (Å²) in [5, 5.41) is 0. The van der Waals surface area contributed by atoms with Gasteiger partial charge < -0.3 is 5.48 Å². The van der Waals surface area contributed by atoms with Gasteiger partial charge >= 0.3 is 31.7 Å². The average molecular weight is 231 g/mol. The Balaban J connectivity index is -0.000000320. The first kappa shape index (κ1) is 17.1. The van der Waals surface area contributed by atoms with E-state index < -0.39 is 18.1 Å². The van der Waals surface area contributed by atoms with Gasteiger partial charge in [0.15, 0.2) is 0 Å². The third-order valence-electron chi connectivity index (χ3n) is 0.415. The Hall–Kier alpha value is -0.0966. The minimum Gasteiger partial charge on any atom is -2.00 e. The molecule has 0 unspecified atom stereocenters. The number of alkyl halides is 3. The van der Waals surface area contributed by atoms with Crippen LogP contribution in [0.4, 0.5) is 26.3 Å². The summed E-state index contributed by atoms with van der Waals surface area (Å²) < 4.78 is 64.8. The van der Waals surface area contributed by atoms with Gasteiger partial charge in [0.1, 0.15) is 0 Å². The Morgan fingerprint density at radius 3 is 1.18 bits per heavy atom. The number of hydrogen-bond donors (Lipinski definition) is 0. The standard InChI is InChI=1S/C3F6.O.Zn/c4-1(2(5)6)3(7,8)9;;/q;-2;+2. The van der Waals surface area contributed by atoms with Crippen LogP contribution in [0, 0.1) is 0 Å². The van der Waals surface area contributed by atoms with Gasteiger partial charge in [-0.25, -0.2) is 0 Å². The Kier molecular flexibility index (Phi) is 8.62. The van der Waals surface area contributed by atoms with Crippen molar-refractivity contribution in [2.75, 3.05) is 0 Å². The van der Waals surface area contributed by atoms with E-state index in [1.165, 1.54) is 0 Å². The van der Waals surface area contributed by atoms with Crippen LogP contribution in [0.2, 0.25) is 0 Å². The maximum atomic E-state index is 11.0. The van der Waals surface area contributed by atoms with Crippen molar-refractivity contribution in [3.8, 4) is 0 Å². The predicted molar refractivity (Wildman–Crippen MR) is 17.1 cm³/mol. The van der Waals surface area contributed by atoms with E-state index in [9.17, 15) is 26.3 Å². The molecule has 0 fully saturated rings. The summed E-state index contributed by atoms with van der Waals surface area (Å²) >= 11 is 0. The molecule has 0 aliphatic heterocycles. The van der Waals surface area contributed by atoms with Gasteiger partial charge in [0.2, 0.25) is 0 Å². The van der Waals surface area contributed by atoms with E-state index in [1.807, 2.05) is 0 Å². The third-order valence-corrected chi connectivity index (χ3v) is 0.415. The van der Waals surface area contributed by atoms with Crippen LogP contribution in [0.25, 0.3) is 0 Å². The second-order valence-corrected chi connectivity index (χ2v) is 1.07. The molecule has 62 valence electrons. The molecule has 0 aromatic heterocycles. The van der Waals surface area contributed by atoms with Gasteiger partial charge in [0.05, 0.1) is 0 Å². The smallest absolute Gasteiger partial charge is 2.00 e. The summed E-state index contributed by atoms with van der Waals surface area (Å²) in [6.07, 6.45) is -8.90. The van der Waals surface area contributed by atoms with Crippen molar-refractivity contribution in [1.29, 1.82) is 0 Å². The molecule has 8 heteroatoms. The first-order chi connectivity index (χ1) is 3.85. The summed E-state index contributed by atoms with van der Waals surface area (Å²) in [6.45, 7) is 0. The van der Waals surface area contributed by atoms with Crippen LogP contribution in [-0.2, 0) is 25.0 Å². The molecule has 0 atom stereocenters. The normalized spacial score (nSPS) is 9.27. The molecule has 0 spiro atoms. The van der Waals surface area contributed by atoms with Gasteiger partial charge in [-0.15, -0.1) is 0 Å². The molecule has 0 aliphatic rings. The predicted octanol–water partition coefficient (Wildman–Crippen LogP) is 2.51. The molecule has 1 nitrogen and oxygen atoms in total. The molecule has 0 aliphatic carbocycles. The van der Waals surface area contributed by atoms with Crippen LogP contribution in [0.1, 0.15) is 0 Å². The van der Waals surface area contributed by atoms with Crippen LogP contribution in [0.5, 0.6) is 0 Å². The van der Waals surface area contributed by atoms with Gasteiger partial charge in [0.25, 0.3) is 5.83 Å². The summed E-state index contributed by atoms with van der Waals surface area (Å²) in [4.78, 5) is 0. The van der Waals surface area contributed by atoms with Crippen molar-refractivity contribution in [3.63, 3.8) is 0 Å². The SMILES string of the molecule is FC(F)=C(F)C(F)(F)F.[O-2].[Zn+2]. The van der Waals surface area contributed by atoms with E-state index in [-0.39, 0.29) is 25.0 Å². The minimum atomic E-state index is -5.56. The summed E-state index contributed by atoms with van der Waals surface area (Å²) in [6, 6.07) is 0. The minimum absolute atomic E-state index is 0. The largest absolute Gasteiger partial charge is 2.00 e. The zero-order chi connectivity index (χ0) is 7.65. The van der Waals surface area contributed by atoms with Crippen LogP contribution in [0.15, 0.2) is 11.9 Å². The zero-order valence-corrected chi connectivity index (χ0v) is 7.85. The molecule has 0 heterocycles. The maximum Gasteiger partial charge on any atom is 2.00 e. The van der Waals surface area contributed by atoms with E-state index in [1.54, 1.807) is 0 Å². The Bertz CT molecular complexity index is 135. The zero-order valence-electron chi connectivity index (χ0n) is 4.88. The molecule has 0 bridgehead atoms. The fraction of sp³-hybridized carbons (Fsp3) is 0.333. The number of halogens is 6. The molecule has 0 amide bonds. The topological polar surface area (TPSA) is 28.5 Å². The summed E-state index contributed by atoms with van der Waals surface area (Å²) in [5.74, 6) is -3.33. The summed E-state index contributed by atoms with van der Waals surface area (Å²) in [5.41, 5.74) is 0. The summed E-state index contributed by atoms with van der Waals surface area (Å²) in [7, 11) is 0. The van der Waals surface area contributed by atoms with Gasteiger partial charge in [-0.05, 0) is 0 Å². The number of allylic oxidation sites excluding steroid dienone is 1. The second-order valence-electron chi connectivity index (χ2n) is 1.07. The van der Waals surface area contributed by atoms with Crippen molar-refractivity contribution in [3.05, 3.63) is 11.9 Å². The monoisotopic (exact) mass is 230 g/mol. The van der Waals surface area contributed by atoms with Crippen molar-refractivity contribution in [2.45, 2.75) is 6.18 Å². The molecule has 0 aromatic carbocycles. The Labute approximate surface area is 70.1 Å². The van der Waals surface area contributed by atoms with Gasteiger partial charge in [-0.1, -0.05) is 0 Å². The first-order valence-electron chi connectivity index (χ1n) is 1.63. The van der Waals surface area contributed by atoms with E-state index in [2.05, 4.69) is 0 Å². The van der Waals surface area contributed by atoms with Crippen molar-refractivity contribution in [2.24, 2.45) is 0 Å². The Morgan fingerprint density at radius 2 is 1.18 bits per heavy atom. The maximum absolute atomic E-state index is 11.0. The molecule has 0 aromatic rings. The van der Waals surface area contributed by atoms with Gasteiger partial charge in [-0.2, -0.15) is 26.3 Å². The molecule has 0 saturated carbocycles.